The van der Waals surface area contributed by atoms with Crippen LogP contribution in [-0.4, -0.2) is 28.9 Å². The van der Waals surface area contributed by atoms with E-state index in [-0.39, 0.29) is 5.91 Å². The van der Waals surface area contributed by atoms with E-state index in [0.717, 1.165) is 18.5 Å². The third-order valence-electron chi connectivity index (χ3n) is 4.03. The number of carbonyl (C=O) groups excluding carboxylic acids is 1. The van der Waals surface area contributed by atoms with Gasteiger partial charge in [-0.1, -0.05) is 25.7 Å². The summed E-state index contributed by atoms with van der Waals surface area (Å²) in [7, 11) is 1.90. The molecule has 0 radical (unpaired) electrons. The number of carbonyl (C=O) groups is 1. The van der Waals surface area contributed by atoms with E-state index in [1.807, 2.05) is 18.9 Å². The summed E-state index contributed by atoms with van der Waals surface area (Å²) in [5.74, 6) is 0.0456. The molecular weight excluding hydrogens is 238 g/mol. The Balaban J connectivity index is 2.15. The van der Waals surface area contributed by atoms with E-state index in [2.05, 4.69) is 4.98 Å². The molecule has 2 N–H and O–H groups in total. The lowest BCUT2D eigenvalue weighted by molar-refractivity contribution is 0.0716. The molecular formula is C15H23N3O. The number of hydrogen-bond donors (Lipinski definition) is 1. The van der Waals surface area contributed by atoms with Gasteiger partial charge in [-0.15, -0.1) is 0 Å². The van der Waals surface area contributed by atoms with E-state index >= 15 is 0 Å². The first-order valence-corrected chi connectivity index (χ1v) is 7.09. The van der Waals surface area contributed by atoms with Crippen molar-refractivity contribution in [1.29, 1.82) is 0 Å². The summed E-state index contributed by atoms with van der Waals surface area (Å²) < 4.78 is 0. The zero-order valence-corrected chi connectivity index (χ0v) is 11.9. The largest absolute Gasteiger partial charge is 0.397 e. The van der Waals surface area contributed by atoms with Gasteiger partial charge in [-0.25, -0.2) is 0 Å². The normalized spacial score (nSPS) is 16.9. The quantitative estimate of drug-likeness (QED) is 0.833. The van der Waals surface area contributed by atoms with Gasteiger partial charge in [-0.05, 0) is 25.8 Å². The fraction of sp³-hybridized carbons (Fsp3) is 0.600. The number of pyridine rings is 1. The van der Waals surface area contributed by atoms with Gasteiger partial charge in [0.15, 0.2) is 0 Å². The molecule has 2 rings (SSSR count). The number of nitrogen functional groups attached to an aromatic ring is 1. The molecule has 104 valence electrons. The zero-order valence-electron chi connectivity index (χ0n) is 11.9. The van der Waals surface area contributed by atoms with Crippen LogP contribution < -0.4 is 5.73 Å². The molecule has 1 fully saturated rings. The van der Waals surface area contributed by atoms with E-state index in [1.54, 1.807) is 12.3 Å². The number of aromatic nitrogens is 1. The Morgan fingerprint density at radius 3 is 2.58 bits per heavy atom. The van der Waals surface area contributed by atoms with Crippen molar-refractivity contribution >= 4 is 11.6 Å². The van der Waals surface area contributed by atoms with Crippen LogP contribution in [0.5, 0.6) is 0 Å². The first-order valence-electron chi connectivity index (χ1n) is 7.09. The summed E-state index contributed by atoms with van der Waals surface area (Å²) in [6.07, 6.45) is 8.83. The van der Waals surface area contributed by atoms with E-state index in [0.29, 0.717) is 17.3 Å². The van der Waals surface area contributed by atoms with Crippen LogP contribution >= 0.6 is 0 Å². The molecule has 0 unspecified atom stereocenters. The SMILES string of the molecule is Cc1ncc(N)cc1C(=O)N(C)C1CCCCCC1. The van der Waals surface area contributed by atoms with Crippen molar-refractivity contribution < 1.29 is 4.79 Å². The molecule has 4 nitrogen and oxygen atoms in total. The minimum atomic E-state index is 0.0456. The highest BCUT2D eigenvalue weighted by atomic mass is 16.2. The summed E-state index contributed by atoms with van der Waals surface area (Å²) in [4.78, 5) is 18.6. The third-order valence-corrected chi connectivity index (χ3v) is 4.03. The fourth-order valence-electron chi connectivity index (χ4n) is 2.77. The first-order chi connectivity index (χ1) is 9.09. The van der Waals surface area contributed by atoms with Gasteiger partial charge in [0, 0.05) is 13.1 Å². The fourth-order valence-corrected chi connectivity index (χ4v) is 2.77. The summed E-state index contributed by atoms with van der Waals surface area (Å²) in [6.45, 7) is 1.85. The van der Waals surface area contributed by atoms with Crippen molar-refractivity contribution in [3.8, 4) is 0 Å². The van der Waals surface area contributed by atoms with Crippen LogP contribution in [0.3, 0.4) is 0 Å². The van der Waals surface area contributed by atoms with Gasteiger partial charge in [0.25, 0.3) is 5.91 Å². The van der Waals surface area contributed by atoms with Crippen LogP contribution in [0.25, 0.3) is 0 Å². The predicted molar refractivity (Wildman–Crippen MR) is 77.0 cm³/mol. The van der Waals surface area contributed by atoms with Crippen LogP contribution in [0, 0.1) is 6.92 Å². The van der Waals surface area contributed by atoms with E-state index in [1.165, 1.54) is 25.7 Å². The van der Waals surface area contributed by atoms with Crippen molar-refractivity contribution in [3.63, 3.8) is 0 Å². The average molecular weight is 261 g/mol. The molecule has 1 saturated carbocycles. The monoisotopic (exact) mass is 261 g/mol. The molecule has 1 amide bonds. The molecule has 0 atom stereocenters. The summed E-state index contributed by atoms with van der Waals surface area (Å²) in [5, 5.41) is 0. The Morgan fingerprint density at radius 2 is 1.95 bits per heavy atom. The maximum atomic E-state index is 12.6. The Labute approximate surface area is 115 Å². The minimum absolute atomic E-state index is 0.0456. The number of anilines is 1. The molecule has 1 aliphatic carbocycles. The Hall–Kier alpha value is -1.58. The summed E-state index contributed by atoms with van der Waals surface area (Å²) in [6, 6.07) is 2.09. The second kappa shape index (κ2) is 6.04. The third kappa shape index (κ3) is 3.25. The molecule has 1 aromatic heterocycles. The van der Waals surface area contributed by atoms with Crippen LogP contribution in [-0.2, 0) is 0 Å². The zero-order chi connectivity index (χ0) is 13.8. The van der Waals surface area contributed by atoms with Gasteiger partial charge in [0.05, 0.1) is 23.1 Å². The number of nitrogens with zero attached hydrogens (tertiary/aromatic N) is 2. The first kappa shape index (κ1) is 13.8. The highest BCUT2D eigenvalue weighted by molar-refractivity contribution is 5.96. The molecule has 0 aromatic carbocycles. The van der Waals surface area contributed by atoms with Gasteiger partial charge >= 0.3 is 0 Å². The van der Waals surface area contributed by atoms with Gasteiger partial charge in [0.1, 0.15) is 0 Å². The van der Waals surface area contributed by atoms with E-state index in [4.69, 9.17) is 5.73 Å². The van der Waals surface area contributed by atoms with Gasteiger partial charge < -0.3 is 10.6 Å². The second-order valence-corrected chi connectivity index (χ2v) is 5.46. The van der Waals surface area contributed by atoms with Gasteiger partial charge in [0.2, 0.25) is 0 Å². The highest BCUT2D eigenvalue weighted by Gasteiger charge is 2.23. The molecule has 0 bridgehead atoms. The maximum Gasteiger partial charge on any atom is 0.255 e. The molecule has 19 heavy (non-hydrogen) atoms. The summed E-state index contributed by atoms with van der Waals surface area (Å²) in [5.41, 5.74) is 7.66. The molecule has 0 saturated heterocycles. The van der Waals surface area contributed by atoms with Gasteiger partial charge in [-0.3, -0.25) is 9.78 Å². The number of nitrogens with two attached hydrogens (primary N) is 1. The molecule has 0 aliphatic heterocycles. The number of amides is 1. The van der Waals surface area contributed by atoms with Crippen molar-refractivity contribution in [1.82, 2.24) is 9.88 Å². The van der Waals surface area contributed by atoms with E-state index < -0.39 is 0 Å². The van der Waals surface area contributed by atoms with Crippen molar-refractivity contribution in [2.45, 2.75) is 51.5 Å². The van der Waals surface area contributed by atoms with Crippen LogP contribution in [0.1, 0.15) is 54.6 Å². The number of hydrogen-bond acceptors (Lipinski definition) is 3. The lowest BCUT2D eigenvalue weighted by Crippen LogP contribution is -2.37. The van der Waals surface area contributed by atoms with Crippen LogP contribution in [0.15, 0.2) is 12.3 Å². The minimum Gasteiger partial charge on any atom is -0.397 e. The number of rotatable bonds is 2. The van der Waals surface area contributed by atoms with Crippen molar-refractivity contribution in [2.75, 3.05) is 12.8 Å². The second-order valence-electron chi connectivity index (χ2n) is 5.46. The predicted octanol–water partition coefficient (Wildman–Crippen LogP) is 2.77. The smallest absolute Gasteiger partial charge is 0.255 e. The highest BCUT2D eigenvalue weighted by Crippen LogP contribution is 2.23. The molecule has 1 aliphatic rings. The average Bonchev–Trinajstić information content (AvgIpc) is 2.69. The van der Waals surface area contributed by atoms with E-state index in [9.17, 15) is 4.79 Å². The van der Waals surface area contributed by atoms with Crippen LogP contribution in [0.2, 0.25) is 0 Å². The Kier molecular flexibility index (Phi) is 4.40. The Morgan fingerprint density at radius 1 is 1.32 bits per heavy atom. The van der Waals surface area contributed by atoms with Crippen molar-refractivity contribution in [3.05, 3.63) is 23.5 Å². The van der Waals surface area contributed by atoms with Crippen molar-refractivity contribution in [2.24, 2.45) is 0 Å². The molecule has 4 heteroatoms. The van der Waals surface area contributed by atoms with Gasteiger partial charge in [-0.2, -0.15) is 0 Å². The Bertz CT molecular complexity index is 451. The molecule has 1 heterocycles. The number of aryl methyl sites for hydroxylation is 1. The lowest BCUT2D eigenvalue weighted by atomic mass is 10.1. The van der Waals surface area contributed by atoms with Crippen LogP contribution in [0.4, 0.5) is 5.69 Å². The lowest BCUT2D eigenvalue weighted by Gasteiger charge is -2.27. The molecule has 1 aromatic rings. The molecule has 0 spiro atoms. The standard InChI is InChI=1S/C15H23N3O/c1-11-14(9-12(16)10-17-11)15(19)18(2)13-7-5-3-4-6-8-13/h9-10,13H,3-8,16H2,1-2H3. The maximum absolute atomic E-state index is 12.6. The summed E-state index contributed by atoms with van der Waals surface area (Å²) >= 11 is 0. The topological polar surface area (TPSA) is 59.2 Å².